The molecule has 0 bridgehead atoms. The van der Waals surface area contributed by atoms with Gasteiger partial charge in [-0.3, -0.25) is 9.78 Å². The van der Waals surface area contributed by atoms with Crippen molar-refractivity contribution < 1.29 is 9.53 Å². The molecule has 1 aromatic heterocycles. The number of aromatic nitrogens is 1. The van der Waals surface area contributed by atoms with Crippen LogP contribution in [-0.4, -0.2) is 47.6 Å². The van der Waals surface area contributed by atoms with Crippen molar-refractivity contribution in [3.8, 4) is 0 Å². The van der Waals surface area contributed by atoms with Gasteiger partial charge in [-0.1, -0.05) is 0 Å². The molecule has 2 aliphatic rings. The number of hydrogen-bond acceptors (Lipinski definition) is 4. The van der Waals surface area contributed by atoms with E-state index < -0.39 is 0 Å². The highest BCUT2D eigenvalue weighted by atomic mass is 16.5. The van der Waals surface area contributed by atoms with Crippen molar-refractivity contribution in [1.29, 1.82) is 0 Å². The van der Waals surface area contributed by atoms with Crippen molar-refractivity contribution in [3.05, 3.63) is 24.5 Å². The van der Waals surface area contributed by atoms with Crippen molar-refractivity contribution in [2.75, 3.05) is 31.6 Å². The van der Waals surface area contributed by atoms with Crippen LogP contribution in [0.15, 0.2) is 24.5 Å². The Kier molecular flexibility index (Phi) is 3.98. The maximum Gasteiger partial charge on any atom is 0.225 e. The number of anilines is 1. The number of nitrogens with zero attached hydrogens (tertiary/aromatic N) is 2. The fourth-order valence-corrected chi connectivity index (χ4v) is 2.89. The van der Waals surface area contributed by atoms with E-state index in [1.807, 2.05) is 12.1 Å². The summed E-state index contributed by atoms with van der Waals surface area (Å²) in [5, 5.41) is 2.87. The van der Waals surface area contributed by atoms with Crippen molar-refractivity contribution in [2.24, 2.45) is 0 Å². The summed E-state index contributed by atoms with van der Waals surface area (Å²) in [5.41, 5.74) is 0.951. The van der Waals surface area contributed by atoms with Gasteiger partial charge in [-0.25, -0.2) is 0 Å². The van der Waals surface area contributed by atoms with Gasteiger partial charge in [0.2, 0.25) is 5.91 Å². The molecule has 2 fully saturated rings. The highest BCUT2D eigenvalue weighted by Gasteiger charge is 2.40. The Hall–Kier alpha value is -1.46. The van der Waals surface area contributed by atoms with Gasteiger partial charge in [0.1, 0.15) is 0 Å². The van der Waals surface area contributed by atoms with Crippen molar-refractivity contribution in [2.45, 2.75) is 31.3 Å². The first-order chi connectivity index (χ1) is 9.76. The topological polar surface area (TPSA) is 54.5 Å². The Bertz CT molecular complexity index is 449. The molecule has 1 N–H and O–H groups in total. The average molecular weight is 275 g/mol. The predicted molar refractivity (Wildman–Crippen MR) is 76.5 cm³/mol. The van der Waals surface area contributed by atoms with Crippen LogP contribution >= 0.6 is 0 Å². The zero-order chi connectivity index (χ0) is 13.8. The van der Waals surface area contributed by atoms with Crippen LogP contribution in [0.5, 0.6) is 0 Å². The molecule has 108 valence electrons. The van der Waals surface area contributed by atoms with E-state index in [2.05, 4.69) is 15.2 Å². The first kappa shape index (κ1) is 13.5. The zero-order valence-electron chi connectivity index (χ0n) is 11.7. The number of piperidine rings is 1. The summed E-state index contributed by atoms with van der Waals surface area (Å²) in [6.45, 7) is 3.83. The number of carbonyl (C=O) groups excluding carboxylic acids is 1. The van der Waals surface area contributed by atoms with Crippen LogP contribution in [-0.2, 0) is 9.53 Å². The lowest BCUT2D eigenvalue weighted by Gasteiger charge is -2.47. The minimum atomic E-state index is 0.0539. The van der Waals surface area contributed by atoms with Gasteiger partial charge in [-0.05, 0) is 31.4 Å². The molecule has 20 heavy (non-hydrogen) atoms. The van der Waals surface area contributed by atoms with Crippen molar-refractivity contribution in [1.82, 2.24) is 9.88 Å². The molecule has 0 aliphatic carbocycles. The van der Waals surface area contributed by atoms with E-state index in [-0.39, 0.29) is 11.5 Å². The number of likely N-dealkylation sites (tertiary alicyclic amines) is 1. The Balaban J connectivity index is 1.38. The predicted octanol–water partition coefficient (Wildman–Crippen LogP) is 1.67. The van der Waals surface area contributed by atoms with Gasteiger partial charge in [-0.2, -0.15) is 0 Å². The number of hydrogen-bond donors (Lipinski definition) is 1. The zero-order valence-corrected chi connectivity index (χ0v) is 11.7. The molecule has 0 radical (unpaired) electrons. The second kappa shape index (κ2) is 5.89. The molecule has 5 nitrogen and oxygen atoms in total. The number of carbonyl (C=O) groups is 1. The first-order valence-corrected chi connectivity index (χ1v) is 7.32. The summed E-state index contributed by atoms with van der Waals surface area (Å²) in [5.74, 6) is 0.0539. The molecule has 0 atom stereocenters. The molecule has 0 aromatic carbocycles. The van der Waals surface area contributed by atoms with Crippen LogP contribution in [0.3, 0.4) is 0 Å². The maximum atomic E-state index is 11.9. The fraction of sp³-hybridized carbons (Fsp3) is 0.600. The van der Waals surface area contributed by atoms with E-state index in [0.29, 0.717) is 6.42 Å². The maximum absolute atomic E-state index is 11.9. The highest BCUT2D eigenvalue weighted by Crippen LogP contribution is 2.36. The van der Waals surface area contributed by atoms with Gasteiger partial charge >= 0.3 is 0 Å². The lowest BCUT2D eigenvalue weighted by Crippen LogP contribution is -2.52. The number of rotatable bonds is 4. The van der Waals surface area contributed by atoms with E-state index in [0.717, 1.165) is 44.8 Å². The SMILES string of the molecule is O=C(CCN1CCC2(CCO2)CC1)Nc1cccnc1. The molecule has 3 heterocycles. The van der Waals surface area contributed by atoms with E-state index in [1.165, 1.54) is 6.42 Å². The smallest absolute Gasteiger partial charge is 0.225 e. The number of nitrogens with one attached hydrogen (secondary N) is 1. The van der Waals surface area contributed by atoms with Gasteiger partial charge in [0, 0.05) is 32.3 Å². The quantitative estimate of drug-likeness (QED) is 0.908. The molecular weight excluding hydrogens is 254 g/mol. The van der Waals surface area contributed by atoms with Gasteiger partial charge in [-0.15, -0.1) is 0 Å². The van der Waals surface area contributed by atoms with Crippen LogP contribution < -0.4 is 5.32 Å². The van der Waals surface area contributed by atoms with Crippen LogP contribution in [0.4, 0.5) is 5.69 Å². The molecule has 1 spiro atoms. The lowest BCUT2D eigenvalue weighted by atomic mass is 9.84. The third-order valence-corrected chi connectivity index (χ3v) is 4.33. The highest BCUT2D eigenvalue weighted by molar-refractivity contribution is 5.90. The second-order valence-electron chi connectivity index (χ2n) is 5.66. The van der Waals surface area contributed by atoms with Crippen LogP contribution in [0, 0.1) is 0 Å². The first-order valence-electron chi connectivity index (χ1n) is 7.32. The second-order valence-corrected chi connectivity index (χ2v) is 5.66. The van der Waals surface area contributed by atoms with Crippen molar-refractivity contribution in [3.63, 3.8) is 0 Å². The number of amides is 1. The molecule has 0 unspecified atom stereocenters. The molecule has 0 saturated carbocycles. The molecule has 5 heteroatoms. The van der Waals surface area contributed by atoms with Crippen LogP contribution in [0.1, 0.15) is 25.7 Å². The Morgan fingerprint density at radius 1 is 1.40 bits per heavy atom. The molecule has 3 rings (SSSR count). The summed E-state index contributed by atoms with van der Waals surface area (Å²) in [6.07, 6.45) is 7.32. The third-order valence-electron chi connectivity index (χ3n) is 4.33. The fourth-order valence-electron chi connectivity index (χ4n) is 2.89. The molecule has 1 amide bonds. The van der Waals surface area contributed by atoms with E-state index in [4.69, 9.17) is 4.74 Å². The number of ether oxygens (including phenoxy) is 1. The summed E-state index contributed by atoms with van der Waals surface area (Å²) in [7, 11) is 0. The Labute approximate surface area is 119 Å². The normalized spacial score (nSPS) is 21.4. The molecule has 2 aliphatic heterocycles. The van der Waals surface area contributed by atoms with Crippen molar-refractivity contribution >= 4 is 11.6 Å². The van der Waals surface area contributed by atoms with E-state index in [1.54, 1.807) is 12.4 Å². The summed E-state index contributed by atoms with van der Waals surface area (Å²) >= 11 is 0. The molecule has 1 aromatic rings. The molecule has 2 saturated heterocycles. The number of pyridine rings is 1. The minimum absolute atomic E-state index is 0.0539. The minimum Gasteiger partial charge on any atom is -0.375 e. The van der Waals surface area contributed by atoms with Crippen LogP contribution in [0.25, 0.3) is 0 Å². The average Bonchev–Trinajstić information content (AvgIpc) is 2.45. The van der Waals surface area contributed by atoms with E-state index >= 15 is 0 Å². The van der Waals surface area contributed by atoms with Gasteiger partial charge in [0.25, 0.3) is 0 Å². The van der Waals surface area contributed by atoms with Gasteiger partial charge in [0.15, 0.2) is 0 Å². The van der Waals surface area contributed by atoms with Crippen LogP contribution in [0.2, 0.25) is 0 Å². The monoisotopic (exact) mass is 275 g/mol. The lowest BCUT2D eigenvalue weighted by molar-refractivity contribution is -0.172. The van der Waals surface area contributed by atoms with Gasteiger partial charge < -0.3 is 15.0 Å². The largest absolute Gasteiger partial charge is 0.375 e. The molecular formula is C15H21N3O2. The third kappa shape index (κ3) is 3.16. The standard InChI is InChI=1S/C15H21N3O2/c19-14(17-13-2-1-7-16-12-13)3-8-18-9-4-15(5-10-18)6-11-20-15/h1-2,7,12H,3-6,8-11H2,(H,17,19). The Morgan fingerprint density at radius 2 is 2.20 bits per heavy atom. The summed E-state index contributed by atoms with van der Waals surface area (Å²) < 4.78 is 5.70. The summed E-state index contributed by atoms with van der Waals surface area (Å²) in [4.78, 5) is 18.2. The summed E-state index contributed by atoms with van der Waals surface area (Å²) in [6, 6.07) is 3.67. The Morgan fingerprint density at radius 3 is 2.80 bits per heavy atom. The van der Waals surface area contributed by atoms with E-state index in [9.17, 15) is 4.79 Å². The van der Waals surface area contributed by atoms with Gasteiger partial charge in [0.05, 0.1) is 24.1 Å².